The molecule has 0 aliphatic rings. The van der Waals surface area contributed by atoms with Crippen molar-refractivity contribution in [1.82, 2.24) is 0 Å². The van der Waals surface area contributed by atoms with E-state index in [4.69, 9.17) is 14.4 Å². The molecule has 0 fully saturated rings. The summed E-state index contributed by atoms with van der Waals surface area (Å²) in [4.78, 5) is 14.2. The van der Waals surface area contributed by atoms with E-state index in [9.17, 15) is 0 Å². The van der Waals surface area contributed by atoms with Crippen LogP contribution in [0.15, 0.2) is 0 Å². The van der Waals surface area contributed by atoms with Crippen molar-refractivity contribution in [3.05, 3.63) is 13.8 Å². The largest absolute Gasteiger partial charge is 2.00 e. The van der Waals surface area contributed by atoms with Crippen molar-refractivity contribution in [3.8, 4) is 0 Å². The van der Waals surface area contributed by atoms with E-state index in [2.05, 4.69) is 27.7 Å². The fourth-order valence-corrected chi connectivity index (χ4v) is 1.56. The molecule has 0 saturated carbocycles. The quantitative estimate of drug-likeness (QED) is 0.214. The Morgan fingerprint density at radius 2 is 0.952 bits per heavy atom. The zero-order valence-corrected chi connectivity index (χ0v) is 18.2. The minimum absolute atomic E-state index is 0. The Labute approximate surface area is 147 Å². The predicted molar refractivity (Wildman–Crippen MR) is 89.5 cm³/mol. The first-order chi connectivity index (χ1) is 9.56. The summed E-state index contributed by atoms with van der Waals surface area (Å²) in [5.74, 6) is 0. The van der Waals surface area contributed by atoms with Crippen LogP contribution in [0.25, 0.3) is 0 Å². The minimum Gasteiger partial charge on any atom is -0.343 e. The van der Waals surface area contributed by atoms with E-state index in [-0.39, 0.29) is 19.5 Å². The Kier molecular flexibility index (Phi) is 45.9. The molecule has 0 aliphatic heterocycles. The van der Waals surface area contributed by atoms with Crippen molar-refractivity contribution in [1.29, 1.82) is 0 Å². The third kappa shape index (κ3) is 63.3. The zero-order chi connectivity index (χ0) is 16.1. The predicted octanol–water partition coefficient (Wildman–Crippen LogP) is 5.99. The fourth-order valence-electron chi connectivity index (χ4n) is 1.56. The van der Waals surface area contributed by atoms with Crippen molar-refractivity contribution < 1.29 is 33.8 Å². The monoisotopic (exact) mass is 371 g/mol. The summed E-state index contributed by atoms with van der Waals surface area (Å²) in [6.45, 7) is 12.0. The van der Waals surface area contributed by atoms with Gasteiger partial charge in [-0.25, -0.2) is 0 Å². The molecule has 0 aromatic carbocycles. The van der Waals surface area contributed by atoms with E-state index >= 15 is 0 Å². The summed E-state index contributed by atoms with van der Waals surface area (Å²) in [5, 5.41) is 0. The molecule has 5 heteroatoms. The van der Waals surface area contributed by atoms with Crippen LogP contribution in [-0.4, -0.2) is 9.79 Å². The van der Waals surface area contributed by atoms with E-state index in [0.717, 1.165) is 12.8 Å². The van der Waals surface area contributed by atoms with Crippen LogP contribution in [0.2, 0.25) is 0 Å². The van der Waals surface area contributed by atoms with Crippen molar-refractivity contribution in [2.24, 2.45) is 0 Å². The van der Waals surface area contributed by atoms with E-state index in [1.54, 1.807) is 0 Å². The molecule has 0 bridgehead atoms. The SMILES string of the molecule is O=[P+](O)O.[CH2-]CCCCCCC.[CH2-]CCCCCCC.[Zn+2]. The van der Waals surface area contributed by atoms with Gasteiger partial charge in [0.25, 0.3) is 0 Å². The van der Waals surface area contributed by atoms with Gasteiger partial charge in [0.2, 0.25) is 0 Å². The number of hydrogen-bond acceptors (Lipinski definition) is 1. The van der Waals surface area contributed by atoms with E-state index < -0.39 is 8.25 Å². The summed E-state index contributed by atoms with van der Waals surface area (Å²) in [6.07, 6.45) is 16.0. The van der Waals surface area contributed by atoms with Gasteiger partial charge in [0.15, 0.2) is 0 Å². The van der Waals surface area contributed by atoms with Gasteiger partial charge in [-0.05, 0) is 0 Å². The Balaban J connectivity index is -0.000000107. The molecule has 0 rings (SSSR count). The third-order valence-electron chi connectivity index (χ3n) is 2.71. The van der Waals surface area contributed by atoms with Gasteiger partial charge in [0, 0.05) is 4.57 Å². The Hall–Kier alpha value is 0.643. The van der Waals surface area contributed by atoms with Gasteiger partial charge in [-0.15, -0.1) is 9.79 Å². The van der Waals surface area contributed by atoms with Gasteiger partial charge in [0.05, 0.1) is 0 Å². The summed E-state index contributed by atoms with van der Waals surface area (Å²) in [7, 11) is -2.87. The maximum atomic E-state index is 8.70. The summed E-state index contributed by atoms with van der Waals surface area (Å²) in [6, 6.07) is 0. The van der Waals surface area contributed by atoms with Crippen LogP contribution in [0.1, 0.15) is 90.9 Å². The zero-order valence-electron chi connectivity index (χ0n) is 14.4. The molecule has 0 unspecified atom stereocenters. The first-order valence-electron chi connectivity index (χ1n) is 8.00. The summed E-state index contributed by atoms with van der Waals surface area (Å²) in [5.41, 5.74) is 0. The first-order valence-corrected chi connectivity index (χ1v) is 9.16. The first kappa shape index (κ1) is 29.6. The average Bonchev–Trinajstić information content (AvgIpc) is 2.40. The van der Waals surface area contributed by atoms with Crippen LogP contribution in [0.5, 0.6) is 0 Å². The second-order valence-corrected chi connectivity index (χ2v) is 5.29. The average molecular weight is 373 g/mol. The number of unbranched alkanes of at least 4 members (excludes halogenated alkanes) is 10. The summed E-state index contributed by atoms with van der Waals surface area (Å²) < 4.78 is 8.70. The third-order valence-corrected chi connectivity index (χ3v) is 2.71. The molecular weight excluding hydrogens is 337 g/mol. The molecule has 3 nitrogen and oxygen atoms in total. The van der Waals surface area contributed by atoms with Crippen molar-refractivity contribution >= 4 is 8.25 Å². The van der Waals surface area contributed by atoms with Gasteiger partial charge in [-0.3, -0.25) is 0 Å². The van der Waals surface area contributed by atoms with Gasteiger partial charge >= 0.3 is 27.7 Å². The molecule has 0 amide bonds. The molecule has 0 saturated heterocycles. The van der Waals surface area contributed by atoms with E-state index in [0.29, 0.717) is 0 Å². The van der Waals surface area contributed by atoms with Gasteiger partial charge in [-0.1, -0.05) is 78.1 Å². The second-order valence-electron chi connectivity index (χ2n) is 4.79. The van der Waals surface area contributed by atoms with Gasteiger partial charge < -0.3 is 13.8 Å². The molecule has 21 heavy (non-hydrogen) atoms. The Morgan fingerprint density at radius 1 is 0.714 bits per heavy atom. The van der Waals surface area contributed by atoms with E-state index in [1.165, 1.54) is 64.2 Å². The van der Waals surface area contributed by atoms with Crippen LogP contribution in [0, 0.1) is 13.8 Å². The van der Waals surface area contributed by atoms with Crippen LogP contribution < -0.4 is 0 Å². The number of rotatable bonds is 10. The summed E-state index contributed by atoms with van der Waals surface area (Å²) >= 11 is 0. The molecular formula is C16H36O3PZn+. The maximum absolute atomic E-state index is 8.70. The van der Waals surface area contributed by atoms with Crippen molar-refractivity contribution in [2.45, 2.75) is 90.9 Å². The smallest absolute Gasteiger partial charge is 0.343 e. The van der Waals surface area contributed by atoms with Crippen LogP contribution in [0.4, 0.5) is 0 Å². The topological polar surface area (TPSA) is 57.5 Å². The van der Waals surface area contributed by atoms with Crippen LogP contribution in [-0.2, 0) is 24.0 Å². The molecule has 0 aromatic heterocycles. The number of hydrogen-bond donors (Lipinski definition) is 2. The second kappa shape index (κ2) is 32.6. The molecule has 124 valence electrons. The van der Waals surface area contributed by atoms with Crippen molar-refractivity contribution in [3.63, 3.8) is 0 Å². The molecule has 0 radical (unpaired) electrons. The van der Waals surface area contributed by atoms with Crippen LogP contribution >= 0.6 is 8.25 Å². The molecule has 0 spiro atoms. The van der Waals surface area contributed by atoms with Crippen molar-refractivity contribution in [2.75, 3.05) is 0 Å². The van der Waals surface area contributed by atoms with Gasteiger partial charge in [0.1, 0.15) is 0 Å². The molecule has 0 heterocycles. The molecule has 0 aromatic rings. The Morgan fingerprint density at radius 3 is 1.14 bits per heavy atom. The van der Waals surface area contributed by atoms with Gasteiger partial charge in [-0.2, -0.15) is 12.8 Å². The fraction of sp³-hybridized carbons (Fsp3) is 0.875. The molecule has 2 N–H and O–H groups in total. The van der Waals surface area contributed by atoms with E-state index in [1.807, 2.05) is 0 Å². The maximum Gasteiger partial charge on any atom is 2.00 e. The molecule has 0 aliphatic carbocycles. The standard InChI is InChI=1S/2C8H17.HO3P.Zn/c2*1-3-5-7-8-6-4-2;1-4(2)3;/h2*1,3-8H2,2H3;(H-,1,2,3);/q2*-1;;+2/p+1. The normalized spacial score (nSPS) is 8.67. The minimum atomic E-state index is -2.87. The molecule has 0 atom stereocenters. The Bertz CT molecular complexity index is 142. The van der Waals surface area contributed by atoms with Crippen LogP contribution in [0.3, 0.4) is 0 Å².